The fourth-order valence-corrected chi connectivity index (χ4v) is 2.33. The van der Waals surface area contributed by atoms with Gasteiger partial charge in [0.1, 0.15) is 23.0 Å². The van der Waals surface area contributed by atoms with E-state index in [2.05, 4.69) is 0 Å². The van der Waals surface area contributed by atoms with Gasteiger partial charge in [0.05, 0.1) is 11.1 Å². The minimum atomic E-state index is -0.820. The lowest BCUT2D eigenvalue weighted by Crippen LogP contribution is -2.12. The highest BCUT2D eigenvalue weighted by atomic mass is 35.5. The smallest absolute Gasteiger partial charge is 0.135 e. The molecule has 0 aliphatic carbocycles. The van der Waals surface area contributed by atoms with Gasteiger partial charge in [-0.15, -0.1) is 0 Å². The number of nitrogens with two attached hydrogens (primary N) is 1. The van der Waals surface area contributed by atoms with E-state index >= 15 is 0 Å². The molecule has 102 valence electrons. The fourth-order valence-electron chi connectivity index (χ4n) is 2.11. The summed E-state index contributed by atoms with van der Waals surface area (Å²) in [5.74, 6) is -0.978. The highest BCUT2D eigenvalue weighted by Crippen LogP contribution is 2.31. The summed E-state index contributed by atoms with van der Waals surface area (Å²) in [5, 5.41) is 1.24. The van der Waals surface area contributed by atoms with Crippen LogP contribution in [-0.4, -0.2) is 0 Å². The third-order valence-corrected chi connectivity index (χ3v) is 3.46. The Morgan fingerprint density at radius 2 is 1.90 bits per heavy atom. The second kappa shape index (κ2) is 4.89. The summed E-state index contributed by atoms with van der Waals surface area (Å²) in [5.41, 5.74) is 6.72. The molecule has 1 atom stereocenters. The van der Waals surface area contributed by atoms with E-state index in [4.69, 9.17) is 21.8 Å². The van der Waals surface area contributed by atoms with Crippen LogP contribution in [0.5, 0.6) is 0 Å². The van der Waals surface area contributed by atoms with Crippen molar-refractivity contribution >= 4 is 22.6 Å². The zero-order chi connectivity index (χ0) is 14.3. The van der Waals surface area contributed by atoms with E-state index in [0.29, 0.717) is 21.8 Å². The van der Waals surface area contributed by atoms with Gasteiger partial charge in [0.25, 0.3) is 0 Å². The van der Waals surface area contributed by atoms with Crippen molar-refractivity contribution in [2.75, 3.05) is 0 Å². The van der Waals surface area contributed by atoms with Crippen molar-refractivity contribution in [2.24, 2.45) is 5.73 Å². The van der Waals surface area contributed by atoms with Gasteiger partial charge >= 0.3 is 0 Å². The van der Waals surface area contributed by atoms with Gasteiger partial charge in [-0.3, -0.25) is 0 Å². The molecular formula is C15H10ClF2NO. The molecule has 0 amide bonds. The highest BCUT2D eigenvalue weighted by Gasteiger charge is 2.19. The Kier molecular flexibility index (Phi) is 3.20. The van der Waals surface area contributed by atoms with Crippen molar-refractivity contribution in [3.05, 3.63) is 70.4 Å². The normalized spacial score (nSPS) is 12.8. The summed E-state index contributed by atoms with van der Waals surface area (Å²) >= 11 is 6.05. The molecule has 0 aliphatic heterocycles. The Hall–Kier alpha value is -1.91. The van der Waals surface area contributed by atoms with Gasteiger partial charge in [-0.25, -0.2) is 8.78 Å². The van der Waals surface area contributed by atoms with Crippen LogP contribution in [0.1, 0.15) is 17.4 Å². The standard InChI is InChI=1S/C15H10ClF2NO/c16-11-2-1-3-13-10(11)7-14(20-13)15(19)9-5-4-8(17)6-12(9)18/h1-7,15H,19H2. The van der Waals surface area contributed by atoms with Crippen LogP contribution in [0.15, 0.2) is 46.9 Å². The van der Waals surface area contributed by atoms with Gasteiger partial charge in [-0.1, -0.05) is 23.7 Å². The molecule has 1 aromatic heterocycles. The predicted octanol–water partition coefficient (Wildman–Crippen LogP) is 4.41. The molecule has 0 aliphatic rings. The molecule has 2 nitrogen and oxygen atoms in total. The second-order valence-corrected chi connectivity index (χ2v) is 4.85. The van der Waals surface area contributed by atoms with Crippen LogP contribution >= 0.6 is 11.6 Å². The summed E-state index contributed by atoms with van der Waals surface area (Å²) < 4.78 is 32.2. The number of rotatable bonds is 2. The molecule has 3 rings (SSSR count). The van der Waals surface area contributed by atoms with Gasteiger partial charge in [-0.2, -0.15) is 0 Å². The Balaban J connectivity index is 2.08. The van der Waals surface area contributed by atoms with Crippen molar-refractivity contribution in [3.63, 3.8) is 0 Å². The average molecular weight is 294 g/mol. The summed E-state index contributed by atoms with van der Waals surface area (Å²) in [6.45, 7) is 0. The van der Waals surface area contributed by atoms with E-state index in [1.54, 1.807) is 24.3 Å². The van der Waals surface area contributed by atoms with E-state index in [0.717, 1.165) is 12.1 Å². The van der Waals surface area contributed by atoms with Crippen LogP contribution in [0, 0.1) is 11.6 Å². The van der Waals surface area contributed by atoms with Gasteiger partial charge in [0, 0.05) is 17.0 Å². The van der Waals surface area contributed by atoms with E-state index in [1.165, 1.54) is 6.07 Å². The number of hydrogen-bond acceptors (Lipinski definition) is 2. The molecule has 5 heteroatoms. The van der Waals surface area contributed by atoms with Crippen LogP contribution in [0.4, 0.5) is 8.78 Å². The van der Waals surface area contributed by atoms with Crippen molar-refractivity contribution in [3.8, 4) is 0 Å². The number of hydrogen-bond donors (Lipinski definition) is 1. The molecule has 0 fully saturated rings. The first-order valence-corrected chi connectivity index (χ1v) is 6.32. The minimum absolute atomic E-state index is 0.168. The van der Waals surface area contributed by atoms with Crippen LogP contribution in [0.25, 0.3) is 11.0 Å². The lowest BCUT2D eigenvalue weighted by atomic mass is 10.0. The zero-order valence-corrected chi connectivity index (χ0v) is 11.0. The zero-order valence-electron chi connectivity index (χ0n) is 10.2. The number of fused-ring (bicyclic) bond motifs is 1. The molecule has 3 aromatic rings. The van der Waals surface area contributed by atoms with Crippen LogP contribution in [-0.2, 0) is 0 Å². The minimum Gasteiger partial charge on any atom is -0.459 e. The van der Waals surface area contributed by atoms with E-state index < -0.39 is 17.7 Å². The first-order chi connectivity index (χ1) is 9.56. The van der Waals surface area contributed by atoms with E-state index in [9.17, 15) is 8.78 Å². The van der Waals surface area contributed by atoms with Crippen molar-refractivity contribution in [1.82, 2.24) is 0 Å². The first kappa shape index (κ1) is 13.1. The van der Waals surface area contributed by atoms with Gasteiger partial charge in [0.15, 0.2) is 0 Å². The molecule has 0 saturated heterocycles. The third kappa shape index (κ3) is 2.17. The number of furan rings is 1. The maximum atomic E-state index is 13.7. The summed E-state index contributed by atoms with van der Waals surface area (Å²) in [7, 11) is 0. The molecule has 1 heterocycles. The largest absolute Gasteiger partial charge is 0.459 e. The number of benzene rings is 2. The monoisotopic (exact) mass is 293 g/mol. The molecule has 2 aromatic carbocycles. The molecule has 0 saturated carbocycles. The van der Waals surface area contributed by atoms with Gasteiger partial charge in [-0.05, 0) is 24.3 Å². The second-order valence-electron chi connectivity index (χ2n) is 4.44. The van der Waals surface area contributed by atoms with Crippen LogP contribution < -0.4 is 5.73 Å². The molecular weight excluding hydrogens is 284 g/mol. The van der Waals surface area contributed by atoms with Crippen molar-refractivity contribution in [1.29, 1.82) is 0 Å². The van der Waals surface area contributed by atoms with E-state index in [-0.39, 0.29) is 5.56 Å². The van der Waals surface area contributed by atoms with Gasteiger partial charge < -0.3 is 10.2 Å². The highest BCUT2D eigenvalue weighted by molar-refractivity contribution is 6.35. The van der Waals surface area contributed by atoms with E-state index in [1.807, 2.05) is 0 Å². The van der Waals surface area contributed by atoms with Crippen molar-refractivity contribution in [2.45, 2.75) is 6.04 Å². The Labute approximate surface area is 118 Å². The average Bonchev–Trinajstić information content (AvgIpc) is 2.83. The van der Waals surface area contributed by atoms with Crippen LogP contribution in [0.2, 0.25) is 5.02 Å². The topological polar surface area (TPSA) is 39.2 Å². The molecule has 2 N–H and O–H groups in total. The fraction of sp³-hybridized carbons (Fsp3) is 0.0667. The van der Waals surface area contributed by atoms with Crippen molar-refractivity contribution < 1.29 is 13.2 Å². The SMILES string of the molecule is NC(c1cc2c(Cl)cccc2o1)c1ccc(F)cc1F. The predicted molar refractivity (Wildman–Crippen MR) is 73.6 cm³/mol. The maximum absolute atomic E-state index is 13.7. The molecule has 0 spiro atoms. The Morgan fingerprint density at radius 3 is 2.60 bits per heavy atom. The maximum Gasteiger partial charge on any atom is 0.135 e. The first-order valence-electron chi connectivity index (χ1n) is 5.95. The lowest BCUT2D eigenvalue weighted by molar-refractivity contribution is 0.506. The Morgan fingerprint density at radius 1 is 1.10 bits per heavy atom. The van der Waals surface area contributed by atoms with Gasteiger partial charge in [0.2, 0.25) is 0 Å². The Bertz CT molecular complexity index is 785. The summed E-state index contributed by atoms with van der Waals surface area (Å²) in [6, 6.07) is 9.35. The molecule has 0 bridgehead atoms. The molecule has 20 heavy (non-hydrogen) atoms. The third-order valence-electron chi connectivity index (χ3n) is 3.13. The molecule has 0 radical (unpaired) electrons. The quantitative estimate of drug-likeness (QED) is 0.760. The summed E-state index contributed by atoms with van der Waals surface area (Å²) in [4.78, 5) is 0. The molecule has 1 unspecified atom stereocenters. The summed E-state index contributed by atoms with van der Waals surface area (Å²) in [6.07, 6.45) is 0. The number of halogens is 3. The van der Waals surface area contributed by atoms with Crippen LogP contribution in [0.3, 0.4) is 0 Å². The lowest BCUT2D eigenvalue weighted by Gasteiger charge is -2.10.